The molecule has 0 aliphatic carbocycles. The maximum absolute atomic E-state index is 10.1. The lowest BCUT2D eigenvalue weighted by atomic mass is 10.0. The van der Waals surface area contributed by atoms with Gasteiger partial charge in [0, 0.05) is 19.8 Å². The van der Waals surface area contributed by atoms with Gasteiger partial charge in [0.05, 0.1) is 12.7 Å². The summed E-state index contributed by atoms with van der Waals surface area (Å²) in [5, 5.41) is 10.1. The summed E-state index contributed by atoms with van der Waals surface area (Å²) in [7, 11) is 3.19. The molecule has 1 aromatic carbocycles. The number of ether oxygens (including phenoxy) is 3. The third kappa shape index (κ3) is 4.00. The van der Waals surface area contributed by atoms with Crippen LogP contribution >= 0.6 is 0 Å². The van der Waals surface area contributed by atoms with Crippen LogP contribution in [0.3, 0.4) is 0 Å². The van der Waals surface area contributed by atoms with Gasteiger partial charge in [-0.25, -0.2) is 0 Å². The van der Waals surface area contributed by atoms with Gasteiger partial charge in [-0.05, 0) is 13.0 Å². The van der Waals surface area contributed by atoms with Crippen LogP contribution in [-0.2, 0) is 9.47 Å². The molecule has 0 saturated heterocycles. The third-order valence-electron chi connectivity index (χ3n) is 2.60. The Labute approximate surface area is 102 Å². The van der Waals surface area contributed by atoms with Crippen molar-refractivity contribution in [2.75, 3.05) is 27.4 Å². The lowest BCUT2D eigenvalue weighted by Crippen LogP contribution is -2.18. The van der Waals surface area contributed by atoms with Gasteiger partial charge in [0.1, 0.15) is 18.5 Å². The summed E-state index contributed by atoms with van der Waals surface area (Å²) in [5.41, 5.74) is 0.734. The number of aliphatic hydroxyl groups is 1. The third-order valence-corrected chi connectivity index (χ3v) is 2.60. The first-order chi connectivity index (χ1) is 8.20. The van der Waals surface area contributed by atoms with Crippen molar-refractivity contribution in [2.45, 2.75) is 19.1 Å². The van der Waals surface area contributed by atoms with E-state index in [1.54, 1.807) is 14.2 Å². The van der Waals surface area contributed by atoms with Crippen LogP contribution in [-0.4, -0.2) is 38.6 Å². The number of aliphatic hydroxyl groups excluding tert-OH is 1. The van der Waals surface area contributed by atoms with E-state index in [0.29, 0.717) is 19.0 Å². The smallest absolute Gasteiger partial charge is 0.125 e. The van der Waals surface area contributed by atoms with E-state index in [1.165, 1.54) is 0 Å². The van der Waals surface area contributed by atoms with Gasteiger partial charge in [-0.2, -0.15) is 0 Å². The SMILES string of the molecule is COCCOc1ccccc1C(O)C(C)OC. The van der Waals surface area contributed by atoms with Crippen LogP contribution in [0.15, 0.2) is 24.3 Å². The average molecular weight is 240 g/mol. The van der Waals surface area contributed by atoms with E-state index in [2.05, 4.69) is 0 Å². The summed E-state index contributed by atoms with van der Waals surface area (Å²) in [6, 6.07) is 7.40. The molecule has 1 rings (SSSR count). The molecule has 0 aromatic heterocycles. The van der Waals surface area contributed by atoms with Gasteiger partial charge in [0.2, 0.25) is 0 Å². The van der Waals surface area contributed by atoms with E-state index in [0.717, 1.165) is 5.56 Å². The molecule has 4 nitrogen and oxygen atoms in total. The second kappa shape index (κ2) is 7.27. The molecule has 0 spiro atoms. The highest BCUT2D eigenvalue weighted by Gasteiger charge is 2.19. The van der Waals surface area contributed by atoms with Crippen LogP contribution in [0, 0.1) is 0 Å². The first kappa shape index (κ1) is 14.0. The Kier molecular flexibility index (Phi) is 5.97. The highest BCUT2D eigenvalue weighted by atomic mass is 16.5. The van der Waals surface area contributed by atoms with Crippen LogP contribution in [0.2, 0.25) is 0 Å². The Morgan fingerprint density at radius 3 is 2.53 bits per heavy atom. The van der Waals surface area contributed by atoms with Crippen molar-refractivity contribution < 1.29 is 19.3 Å². The summed E-state index contributed by atoms with van der Waals surface area (Å²) in [5.74, 6) is 0.668. The topological polar surface area (TPSA) is 47.9 Å². The molecule has 0 bridgehead atoms. The molecule has 2 atom stereocenters. The van der Waals surface area contributed by atoms with Gasteiger partial charge in [-0.1, -0.05) is 18.2 Å². The number of hydrogen-bond acceptors (Lipinski definition) is 4. The highest BCUT2D eigenvalue weighted by Crippen LogP contribution is 2.28. The summed E-state index contributed by atoms with van der Waals surface area (Å²) in [4.78, 5) is 0. The first-order valence-corrected chi connectivity index (χ1v) is 5.62. The van der Waals surface area contributed by atoms with Crippen molar-refractivity contribution in [3.05, 3.63) is 29.8 Å². The fraction of sp³-hybridized carbons (Fsp3) is 0.538. The molecule has 1 N–H and O–H groups in total. The Balaban J connectivity index is 2.76. The van der Waals surface area contributed by atoms with Crippen LogP contribution in [0.5, 0.6) is 5.75 Å². The van der Waals surface area contributed by atoms with Crippen LogP contribution in [0.4, 0.5) is 0 Å². The molecule has 0 aliphatic heterocycles. The first-order valence-electron chi connectivity index (χ1n) is 5.62. The van der Waals surface area contributed by atoms with Crippen LogP contribution in [0.25, 0.3) is 0 Å². The number of benzene rings is 1. The fourth-order valence-electron chi connectivity index (χ4n) is 1.47. The van der Waals surface area contributed by atoms with Crippen molar-refractivity contribution in [3.8, 4) is 5.75 Å². The molecule has 0 saturated carbocycles. The van der Waals surface area contributed by atoms with Gasteiger partial charge in [-0.15, -0.1) is 0 Å². The van der Waals surface area contributed by atoms with Crippen LogP contribution < -0.4 is 4.74 Å². The molecule has 4 heteroatoms. The Morgan fingerprint density at radius 1 is 1.18 bits per heavy atom. The van der Waals surface area contributed by atoms with E-state index in [1.807, 2.05) is 31.2 Å². The Bertz CT molecular complexity index is 327. The number of rotatable bonds is 7. The van der Waals surface area contributed by atoms with Crippen LogP contribution in [0.1, 0.15) is 18.6 Å². The summed E-state index contributed by atoms with van der Waals surface area (Å²) in [6.07, 6.45) is -0.971. The van der Waals surface area contributed by atoms with Crippen molar-refractivity contribution in [1.29, 1.82) is 0 Å². The van der Waals surface area contributed by atoms with E-state index in [9.17, 15) is 5.11 Å². The lowest BCUT2D eigenvalue weighted by molar-refractivity contribution is -0.00300. The normalized spacial score (nSPS) is 14.4. The molecule has 0 aliphatic rings. The maximum Gasteiger partial charge on any atom is 0.125 e. The van der Waals surface area contributed by atoms with Gasteiger partial charge in [0.25, 0.3) is 0 Å². The summed E-state index contributed by atoms with van der Waals surface area (Å²) >= 11 is 0. The standard InChI is InChI=1S/C13H20O4/c1-10(16-3)13(14)11-6-4-5-7-12(11)17-9-8-15-2/h4-7,10,13-14H,8-9H2,1-3H3. The molecular formula is C13H20O4. The van der Waals surface area contributed by atoms with Gasteiger partial charge < -0.3 is 19.3 Å². The Morgan fingerprint density at radius 2 is 1.88 bits per heavy atom. The van der Waals surface area contributed by atoms with E-state index >= 15 is 0 Å². The van der Waals surface area contributed by atoms with E-state index in [4.69, 9.17) is 14.2 Å². The highest BCUT2D eigenvalue weighted by molar-refractivity contribution is 5.35. The molecule has 96 valence electrons. The molecule has 2 unspecified atom stereocenters. The largest absolute Gasteiger partial charge is 0.491 e. The Hall–Kier alpha value is -1.10. The summed E-state index contributed by atoms with van der Waals surface area (Å²) in [6.45, 7) is 2.79. The molecule has 0 radical (unpaired) electrons. The van der Waals surface area contributed by atoms with Gasteiger partial charge >= 0.3 is 0 Å². The van der Waals surface area contributed by atoms with Crippen molar-refractivity contribution in [1.82, 2.24) is 0 Å². The minimum absolute atomic E-state index is 0.276. The minimum atomic E-state index is -0.696. The fourth-order valence-corrected chi connectivity index (χ4v) is 1.47. The predicted molar refractivity (Wildman–Crippen MR) is 65.2 cm³/mol. The number of methoxy groups -OCH3 is 2. The molecule has 0 heterocycles. The monoisotopic (exact) mass is 240 g/mol. The second-order valence-corrected chi connectivity index (χ2v) is 3.76. The lowest BCUT2D eigenvalue weighted by Gasteiger charge is -2.20. The zero-order chi connectivity index (χ0) is 12.7. The van der Waals surface area contributed by atoms with E-state index < -0.39 is 6.10 Å². The minimum Gasteiger partial charge on any atom is -0.491 e. The second-order valence-electron chi connectivity index (χ2n) is 3.76. The van der Waals surface area contributed by atoms with E-state index in [-0.39, 0.29) is 6.10 Å². The zero-order valence-corrected chi connectivity index (χ0v) is 10.6. The number of para-hydroxylation sites is 1. The maximum atomic E-state index is 10.1. The summed E-state index contributed by atoms with van der Waals surface area (Å²) < 4.78 is 15.6. The van der Waals surface area contributed by atoms with Gasteiger partial charge in [0.15, 0.2) is 0 Å². The predicted octanol–water partition coefficient (Wildman–Crippen LogP) is 1.78. The molecule has 0 fully saturated rings. The molecular weight excluding hydrogens is 220 g/mol. The average Bonchev–Trinajstić information content (AvgIpc) is 2.38. The number of hydrogen-bond donors (Lipinski definition) is 1. The van der Waals surface area contributed by atoms with Crippen molar-refractivity contribution >= 4 is 0 Å². The van der Waals surface area contributed by atoms with Gasteiger partial charge in [-0.3, -0.25) is 0 Å². The van der Waals surface area contributed by atoms with Crippen molar-refractivity contribution in [2.24, 2.45) is 0 Å². The molecule has 0 amide bonds. The molecule has 17 heavy (non-hydrogen) atoms. The quantitative estimate of drug-likeness (QED) is 0.738. The van der Waals surface area contributed by atoms with Crippen molar-refractivity contribution in [3.63, 3.8) is 0 Å². The zero-order valence-electron chi connectivity index (χ0n) is 10.6. The molecule has 1 aromatic rings.